The molecule has 1 aliphatic heterocycles. The van der Waals surface area contributed by atoms with E-state index in [1.54, 1.807) is 11.7 Å². The second kappa shape index (κ2) is 4.88. The van der Waals surface area contributed by atoms with Gasteiger partial charge in [0.1, 0.15) is 11.6 Å². The van der Waals surface area contributed by atoms with Gasteiger partial charge in [-0.2, -0.15) is 5.10 Å². The Morgan fingerprint density at radius 3 is 3.05 bits per heavy atom. The lowest BCUT2D eigenvalue weighted by Crippen LogP contribution is -2.41. The topological polar surface area (TPSA) is 68.2 Å². The van der Waals surface area contributed by atoms with Crippen LogP contribution in [0, 0.1) is 6.92 Å². The number of aromatic nitrogens is 2. The lowest BCUT2D eigenvalue weighted by atomic mass is 10.2. The molecule has 2 aromatic rings. The number of fused-ring (bicyclic) bond motifs is 1. The second-order valence-electron chi connectivity index (χ2n) is 4.77. The van der Waals surface area contributed by atoms with E-state index in [1.165, 1.54) is 0 Å². The van der Waals surface area contributed by atoms with E-state index in [-0.39, 0.29) is 5.91 Å². The van der Waals surface area contributed by atoms with Crippen LogP contribution in [-0.4, -0.2) is 28.3 Å². The molecule has 1 aromatic carbocycles. The molecule has 0 saturated heterocycles. The Kier molecular flexibility index (Phi) is 3.06. The predicted molar refractivity (Wildman–Crippen MR) is 75.9 cm³/mol. The molecule has 2 N–H and O–H groups in total. The zero-order valence-corrected chi connectivity index (χ0v) is 11.4. The third kappa shape index (κ3) is 2.32. The Balaban J connectivity index is 1.72. The maximum absolute atomic E-state index is 12.2. The number of nitrogens with one attached hydrogen (secondary N) is 2. The molecule has 0 saturated carbocycles. The molecule has 104 valence electrons. The van der Waals surface area contributed by atoms with Crippen LogP contribution in [-0.2, 0) is 11.8 Å². The molecule has 1 aliphatic rings. The molecule has 0 aliphatic carbocycles. The molecule has 1 atom stereocenters. The third-order valence-corrected chi connectivity index (χ3v) is 3.18. The van der Waals surface area contributed by atoms with Crippen molar-refractivity contribution in [2.75, 3.05) is 17.2 Å². The maximum atomic E-state index is 12.2. The summed E-state index contributed by atoms with van der Waals surface area (Å²) in [5.41, 5.74) is 1.77. The van der Waals surface area contributed by atoms with E-state index in [2.05, 4.69) is 15.7 Å². The number of aryl methyl sites for hydroxylation is 2. The minimum Gasteiger partial charge on any atom is -0.477 e. The molecule has 6 nitrogen and oxygen atoms in total. The van der Waals surface area contributed by atoms with Crippen molar-refractivity contribution < 1.29 is 9.53 Å². The van der Waals surface area contributed by atoms with Gasteiger partial charge in [0, 0.05) is 13.1 Å². The third-order valence-electron chi connectivity index (χ3n) is 3.18. The van der Waals surface area contributed by atoms with E-state index in [9.17, 15) is 4.79 Å². The van der Waals surface area contributed by atoms with Crippen LogP contribution >= 0.6 is 0 Å². The van der Waals surface area contributed by atoms with E-state index in [1.807, 2.05) is 37.3 Å². The van der Waals surface area contributed by atoms with Crippen LogP contribution < -0.4 is 15.4 Å². The zero-order chi connectivity index (χ0) is 14.1. The first-order valence-electron chi connectivity index (χ1n) is 6.44. The Labute approximate surface area is 116 Å². The van der Waals surface area contributed by atoms with Crippen molar-refractivity contribution in [1.29, 1.82) is 0 Å². The summed E-state index contributed by atoms with van der Waals surface area (Å²) in [6.45, 7) is 2.32. The van der Waals surface area contributed by atoms with Gasteiger partial charge in [-0.15, -0.1) is 0 Å². The molecule has 2 heterocycles. The first-order valence-corrected chi connectivity index (χ1v) is 6.44. The second-order valence-corrected chi connectivity index (χ2v) is 4.77. The summed E-state index contributed by atoms with van der Waals surface area (Å²) in [6, 6.07) is 9.39. The zero-order valence-electron chi connectivity index (χ0n) is 11.4. The number of rotatable bonds is 2. The number of hydrogen-bond donors (Lipinski definition) is 2. The van der Waals surface area contributed by atoms with Crippen LogP contribution in [0.15, 0.2) is 30.3 Å². The minimum atomic E-state index is -0.555. The van der Waals surface area contributed by atoms with Gasteiger partial charge in [0.05, 0.1) is 17.9 Å². The molecule has 20 heavy (non-hydrogen) atoms. The van der Waals surface area contributed by atoms with Crippen molar-refractivity contribution in [2.45, 2.75) is 13.0 Å². The summed E-state index contributed by atoms with van der Waals surface area (Å²) in [6.07, 6.45) is -0.555. The quantitative estimate of drug-likeness (QED) is 0.870. The van der Waals surface area contributed by atoms with Crippen molar-refractivity contribution in [3.05, 3.63) is 36.0 Å². The van der Waals surface area contributed by atoms with Gasteiger partial charge in [-0.1, -0.05) is 12.1 Å². The van der Waals surface area contributed by atoms with E-state index in [0.717, 1.165) is 11.4 Å². The number of hydrogen-bond acceptors (Lipinski definition) is 4. The fraction of sp³-hybridized carbons (Fsp3) is 0.286. The number of nitrogens with zero attached hydrogens (tertiary/aromatic N) is 2. The van der Waals surface area contributed by atoms with Crippen molar-refractivity contribution in [3.63, 3.8) is 0 Å². The fourth-order valence-electron chi connectivity index (χ4n) is 2.19. The summed E-state index contributed by atoms with van der Waals surface area (Å²) in [7, 11) is 1.79. The smallest absolute Gasteiger partial charge is 0.268 e. The number of amides is 1. The lowest BCUT2D eigenvalue weighted by Gasteiger charge is -2.26. The van der Waals surface area contributed by atoms with Gasteiger partial charge >= 0.3 is 0 Å². The van der Waals surface area contributed by atoms with Gasteiger partial charge in [-0.25, -0.2) is 0 Å². The Hall–Kier alpha value is -2.50. The standard InChI is InChI=1S/C14H16N4O2/c1-9-7-13(18(2)17-9)16-14(19)12-8-15-10-5-3-4-6-11(10)20-12/h3-7,12,15H,8H2,1-2H3,(H,16,19). The van der Waals surface area contributed by atoms with Gasteiger partial charge in [0.25, 0.3) is 5.91 Å². The monoisotopic (exact) mass is 272 g/mol. The average molecular weight is 272 g/mol. The summed E-state index contributed by atoms with van der Waals surface area (Å²) >= 11 is 0. The van der Waals surface area contributed by atoms with Crippen LogP contribution in [0.2, 0.25) is 0 Å². The molecular weight excluding hydrogens is 256 g/mol. The van der Waals surface area contributed by atoms with E-state index < -0.39 is 6.10 Å². The summed E-state index contributed by atoms with van der Waals surface area (Å²) < 4.78 is 7.34. The van der Waals surface area contributed by atoms with Crippen LogP contribution in [0.3, 0.4) is 0 Å². The van der Waals surface area contributed by atoms with Gasteiger partial charge in [0.15, 0.2) is 6.10 Å². The Bertz CT molecular complexity index is 650. The van der Waals surface area contributed by atoms with Gasteiger partial charge in [0.2, 0.25) is 0 Å². The molecular formula is C14H16N4O2. The number of benzene rings is 1. The maximum Gasteiger partial charge on any atom is 0.268 e. The van der Waals surface area contributed by atoms with Gasteiger partial charge in [-0.05, 0) is 19.1 Å². The summed E-state index contributed by atoms with van der Waals surface area (Å²) in [4.78, 5) is 12.2. The molecule has 0 fully saturated rings. The van der Waals surface area contributed by atoms with Crippen molar-refractivity contribution in [3.8, 4) is 5.75 Å². The SMILES string of the molecule is Cc1cc(NC(=O)C2CNc3ccccc3O2)n(C)n1. The van der Waals surface area contributed by atoms with Crippen molar-refractivity contribution in [2.24, 2.45) is 7.05 Å². The van der Waals surface area contributed by atoms with Gasteiger partial charge in [-0.3, -0.25) is 9.48 Å². The number of anilines is 2. The Morgan fingerprint density at radius 2 is 2.30 bits per heavy atom. The van der Waals surface area contributed by atoms with Gasteiger partial charge < -0.3 is 15.4 Å². The molecule has 3 rings (SSSR count). The van der Waals surface area contributed by atoms with Crippen LogP contribution in [0.1, 0.15) is 5.69 Å². The van der Waals surface area contributed by atoms with Crippen molar-refractivity contribution in [1.82, 2.24) is 9.78 Å². The summed E-state index contributed by atoms with van der Waals surface area (Å²) in [5, 5.41) is 10.2. The highest BCUT2D eigenvalue weighted by Gasteiger charge is 2.26. The van der Waals surface area contributed by atoms with Crippen LogP contribution in [0.4, 0.5) is 11.5 Å². The molecule has 1 aromatic heterocycles. The minimum absolute atomic E-state index is 0.185. The molecule has 0 bridgehead atoms. The number of carbonyl (C=O) groups excluding carboxylic acids is 1. The highest BCUT2D eigenvalue weighted by Crippen LogP contribution is 2.28. The largest absolute Gasteiger partial charge is 0.477 e. The van der Waals surface area contributed by atoms with Crippen LogP contribution in [0.25, 0.3) is 0 Å². The molecule has 1 amide bonds. The molecule has 0 radical (unpaired) electrons. The first-order chi connectivity index (χ1) is 9.63. The normalized spacial score (nSPS) is 16.8. The Morgan fingerprint density at radius 1 is 1.50 bits per heavy atom. The van der Waals surface area contributed by atoms with E-state index in [0.29, 0.717) is 18.1 Å². The first kappa shape index (κ1) is 12.5. The lowest BCUT2D eigenvalue weighted by molar-refractivity contribution is -0.122. The predicted octanol–water partition coefficient (Wildman–Crippen LogP) is 1.54. The van der Waals surface area contributed by atoms with Crippen molar-refractivity contribution >= 4 is 17.4 Å². The van der Waals surface area contributed by atoms with E-state index >= 15 is 0 Å². The molecule has 1 unspecified atom stereocenters. The number of para-hydroxylation sites is 2. The van der Waals surface area contributed by atoms with Crippen LogP contribution in [0.5, 0.6) is 5.75 Å². The highest BCUT2D eigenvalue weighted by atomic mass is 16.5. The number of ether oxygens (including phenoxy) is 1. The number of carbonyl (C=O) groups is 1. The molecule has 6 heteroatoms. The fourth-order valence-corrected chi connectivity index (χ4v) is 2.19. The highest BCUT2D eigenvalue weighted by molar-refractivity contribution is 5.94. The van der Waals surface area contributed by atoms with E-state index in [4.69, 9.17) is 4.74 Å². The average Bonchev–Trinajstić information content (AvgIpc) is 2.76. The summed E-state index contributed by atoms with van der Waals surface area (Å²) in [5.74, 6) is 1.17. The molecule has 0 spiro atoms.